The summed E-state index contributed by atoms with van der Waals surface area (Å²) in [5.74, 6) is 0.342. The normalized spacial score (nSPS) is 20.0. The van der Waals surface area contributed by atoms with Gasteiger partial charge in [0, 0.05) is 53.4 Å². The molecule has 224 valence electrons. The van der Waals surface area contributed by atoms with Crippen LogP contribution in [0.3, 0.4) is 0 Å². The third kappa shape index (κ3) is 5.82. The maximum atomic E-state index is 14.3. The Hall–Kier alpha value is -2.93. The molecular formula is C35H41BrFNO4. The predicted octanol–water partition coefficient (Wildman–Crippen LogP) is 8.66. The molecule has 7 heteroatoms. The van der Waals surface area contributed by atoms with E-state index in [1.807, 2.05) is 19.1 Å². The minimum absolute atomic E-state index is 0.0336. The first kappa shape index (κ1) is 30.5. The minimum Gasteiger partial charge on any atom is -0.490 e. The van der Waals surface area contributed by atoms with E-state index in [9.17, 15) is 14.0 Å². The monoisotopic (exact) mass is 637 g/mol. The van der Waals surface area contributed by atoms with E-state index in [4.69, 9.17) is 9.47 Å². The number of hydrogen-bond acceptors (Lipinski definition) is 5. The number of ketones is 2. The van der Waals surface area contributed by atoms with Crippen LogP contribution in [0.5, 0.6) is 11.5 Å². The lowest BCUT2D eigenvalue weighted by Crippen LogP contribution is -2.44. The third-order valence-electron chi connectivity index (χ3n) is 8.46. The second kappa shape index (κ2) is 11.6. The minimum atomic E-state index is -0.480. The molecule has 0 N–H and O–H groups in total. The number of nitrogens with zero attached hydrogens (tertiary/aromatic N) is 1. The zero-order valence-corrected chi connectivity index (χ0v) is 27.1. The number of carbonyl (C=O) groups is 2. The Labute approximate surface area is 257 Å². The Kier molecular flexibility index (Phi) is 8.45. The molecule has 0 saturated carbocycles. The van der Waals surface area contributed by atoms with Gasteiger partial charge in [-0.05, 0) is 76.7 Å². The fourth-order valence-corrected chi connectivity index (χ4v) is 7.37. The van der Waals surface area contributed by atoms with Gasteiger partial charge in [-0.1, -0.05) is 52.8 Å². The quantitative estimate of drug-likeness (QED) is 0.290. The number of rotatable bonds is 8. The number of halogens is 2. The Morgan fingerprint density at radius 2 is 1.50 bits per heavy atom. The standard InChI is InChI=1S/C35H41BrFNO4/c1-7-13-38-25-16-34(3,4)18-27(39)31(25)30(32-26(38)17-35(5,6)19-28(32)40)22-14-23(36)33(29(15-22)41-8-2)42-20-21-11-9-10-12-24(21)37/h9-12,14-15,30H,7-8,13,16-20H2,1-6H3. The van der Waals surface area contributed by atoms with E-state index in [0.29, 0.717) is 41.0 Å². The van der Waals surface area contributed by atoms with Gasteiger partial charge in [-0.15, -0.1) is 0 Å². The van der Waals surface area contributed by atoms with Crippen LogP contribution >= 0.6 is 15.9 Å². The van der Waals surface area contributed by atoms with Crippen molar-refractivity contribution in [1.29, 1.82) is 0 Å². The maximum Gasteiger partial charge on any atom is 0.175 e. The van der Waals surface area contributed by atoms with E-state index in [-0.39, 0.29) is 34.8 Å². The highest BCUT2D eigenvalue weighted by Crippen LogP contribution is 2.55. The average molecular weight is 639 g/mol. The summed E-state index contributed by atoms with van der Waals surface area (Å²) in [5.41, 5.74) is 4.52. The van der Waals surface area contributed by atoms with Crippen molar-refractivity contribution in [2.45, 2.75) is 86.2 Å². The van der Waals surface area contributed by atoms with Gasteiger partial charge in [-0.25, -0.2) is 4.39 Å². The maximum absolute atomic E-state index is 14.3. The number of allylic oxidation sites excluding steroid dienone is 4. The molecule has 1 aliphatic heterocycles. The molecule has 0 bridgehead atoms. The summed E-state index contributed by atoms with van der Waals surface area (Å²) in [6.45, 7) is 13.8. The van der Waals surface area contributed by atoms with E-state index in [0.717, 1.165) is 53.9 Å². The van der Waals surface area contributed by atoms with E-state index in [1.165, 1.54) is 6.07 Å². The van der Waals surface area contributed by atoms with E-state index < -0.39 is 5.92 Å². The van der Waals surface area contributed by atoms with E-state index in [1.54, 1.807) is 18.2 Å². The van der Waals surface area contributed by atoms with Crippen LogP contribution in [0.4, 0.5) is 4.39 Å². The van der Waals surface area contributed by atoms with Gasteiger partial charge in [0.2, 0.25) is 0 Å². The molecule has 3 aliphatic rings. The molecule has 0 radical (unpaired) electrons. The third-order valence-corrected chi connectivity index (χ3v) is 9.05. The van der Waals surface area contributed by atoms with Gasteiger partial charge in [-0.3, -0.25) is 9.59 Å². The Balaban J connectivity index is 1.67. The molecule has 2 aromatic rings. The first-order valence-electron chi connectivity index (χ1n) is 15.0. The van der Waals surface area contributed by atoms with Crippen molar-refractivity contribution >= 4 is 27.5 Å². The van der Waals surface area contributed by atoms with E-state index in [2.05, 4.69) is 55.4 Å². The molecule has 2 aromatic carbocycles. The van der Waals surface area contributed by atoms with Crippen molar-refractivity contribution in [1.82, 2.24) is 4.90 Å². The zero-order valence-electron chi connectivity index (χ0n) is 25.5. The summed E-state index contributed by atoms with van der Waals surface area (Å²) >= 11 is 3.69. The van der Waals surface area contributed by atoms with Crippen LogP contribution in [0.25, 0.3) is 0 Å². The molecule has 0 fully saturated rings. The SMILES string of the molecule is CCCN1C2=C(C(=O)CC(C)(C)C2)C(c2cc(Br)c(OCc3ccccc3F)c(OCC)c2)C2=C1CC(C)(C)CC2=O. The van der Waals surface area contributed by atoms with Gasteiger partial charge < -0.3 is 14.4 Å². The van der Waals surface area contributed by atoms with Crippen LogP contribution < -0.4 is 9.47 Å². The van der Waals surface area contributed by atoms with Crippen LogP contribution in [-0.2, 0) is 16.2 Å². The van der Waals surface area contributed by atoms with Crippen molar-refractivity contribution in [3.63, 3.8) is 0 Å². The Morgan fingerprint density at radius 3 is 2.05 bits per heavy atom. The summed E-state index contributed by atoms with van der Waals surface area (Å²) in [4.78, 5) is 30.3. The number of benzene rings is 2. The Morgan fingerprint density at radius 1 is 0.905 bits per heavy atom. The zero-order chi connectivity index (χ0) is 30.4. The molecule has 2 aliphatic carbocycles. The summed E-state index contributed by atoms with van der Waals surface area (Å²) in [6, 6.07) is 10.4. The molecule has 0 aromatic heterocycles. The lowest BCUT2D eigenvalue weighted by atomic mass is 9.63. The number of Topliss-reactive ketones (excluding diaryl/α,β-unsaturated/α-hetero) is 2. The molecule has 0 unspecified atom stereocenters. The van der Waals surface area contributed by atoms with Crippen LogP contribution in [0.2, 0.25) is 0 Å². The summed E-state index contributed by atoms with van der Waals surface area (Å²) in [6.07, 6.45) is 3.34. The smallest absolute Gasteiger partial charge is 0.175 e. The summed E-state index contributed by atoms with van der Waals surface area (Å²) < 4.78 is 27.1. The first-order chi connectivity index (χ1) is 19.9. The summed E-state index contributed by atoms with van der Waals surface area (Å²) in [7, 11) is 0. The van der Waals surface area contributed by atoms with Crippen molar-refractivity contribution in [3.05, 3.63) is 80.4 Å². The average Bonchev–Trinajstić information content (AvgIpc) is 2.88. The lowest BCUT2D eigenvalue weighted by Gasteiger charge is -2.49. The molecule has 0 spiro atoms. The molecule has 0 amide bonds. The van der Waals surface area contributed by atoms with Crippen molar-refractivity contribution in [2.75, 3.05) is 13.2 Å². The second-order valence-corrected chi connectivity index (χ2v) is 14.2. The Bertz CT molecular complexity index is 1430. The van der Waals surface area contributed by atoms with Gasteiger partial charge >= 0.3 is 0 Å². The van der Waals surface area contributed by atoms with Crippen molar-refractivity contribution < 1.29 is 23.5 Å². The van der Waals surface area contributed by atoms with Crippen LogP contribution in [0, 0.1) is 16.6 Å². The number of hydrogen-bond donors (Lipinski definition) is 0. The number of ether oxygens (including phenoxy) is 2. The van der Waals surface area contributed by atoms with Crippen LogP contribution in [0.1, 0.15) is 90.7 Å². The highest BCUT2D eigenvalue weighted by Gasteiger charge is 2.49. The van der Waals surface area contributed by atoms with Crippen LogP contribution in [-0.4, -0.2) is 29.6 Å². The molecule has 1 heterocycles. The van der Waals surface area contributed by atoms with Gasteiger partial charge in [0.15, 0.2) is 23.1 Å². The highest BCUT2D eigenvalue weighted by molar-refractivity contribution is 9.10. The molecule has 0 atom stereocenters. The molecule has 0 saturated heterocycles. The lowest BCUT2D eigenvalue weighted by molar-refractivity contribution is -0.119. The molecule has 5 nitrogen and oxygen atoms in total. The largest absolute Gasteiger partial charge is 0.490 e. The highest BCUT2D eigenvalue weighted by atomic mass is 79.9. The van der Waals surface area contributed by atoms with Gasteiger partial charge in [0.05, 0.1) is 11.1 Å². The fourth-order valence-electron chi connectivity index (χ4n) is 6.80. The molecule has 5 rings (SSSR count). The first-order valence-corrected chi connectivity index (χ1v) is 15.8. The molecule has 42 heavy (non-hydrogen) atoms. The fraction of sp³-hybridized carbons (Fsp3) is 0.486. The van der Waals surface area contributed by atoms with Crippen molar-refractivity contribution in [3.8, 4) is 11.5 Å². The van der Waals surface area contributed by atoms with E-state index >= 15 is 0 Å². The van der Waals surface area contributed by atoms with Crippen LogP contribution in [0.15, 0.2) is 63.4 Å². The topological polar surface area (TPSA) is 55.8 Å². The summed E-state index contributed by atoms with van der Waals surface area (Å²) in [5, 5.41) is 0. The second-order valence-electron chi connectivity index (χ2n) is 13.3. The molecular weight excluding hydrogens is 597 g/mol. The van der Waals surface area contributed by atoms with Gasteiger partial charge in [0.25, 0.3) is 0 Å². The van der Waals surface area contributed by atoms with Gasteiger partial charge in [-0.2, -0.15) is 0 Å². The predicted molar refractivity (Wildman–Crippen MR) is 166 cm³/mol. The van der Waals surface area contributed by atoms with Crippen molar-refractivity contribution in [2.24, 2.45) is 10.8 Å². The van der Waals surface area contributed by atoms with Gasteiger partial charge in [0.1, 0.15) is 12.4 Å². The number of carbonyl (C=O) groups excluding carboxylic acids is 2.